The van der Waals surface area contributed by atoms with E-state index in [-0.39, 0.29) is 0 Å². The molecular formula is C21H42O5. The van der Waals surface area contributed by atoms with Crippen molar-refractivity contribution in [1.82, 2.24) is 0 Å². The third kappa shape index (κ3) is 9.89. The summed E-state index contributed by atoms with van der Waals surface area (Å²) in [6.07, 6.45) is 13.2. The number of aliphatic hydroxyl groups is 3. The van der Waals surface area contributed by atoms with Crippen LogP contribution in [0.3, 0.4) is 0 Å². The van der Waals surface area contributed by atoms with Crippen molar-refractivity contribution >= 4 is 5.97 Å². The molecule has 0 spiro atoms. The zero-order valence-corrected chi connectivity index (χ0v) is 17.0. The lowest BCUT2D eigenvalue weighted by Crippen LogP contribution is -2.57. The quantitative estimate of drug-likeness (QED) is 0.266. The third-order valence-electron chi connectivity index (χ3n) is 5.46. The molecule has 0 heterocycles. The smallest absolute Gasteiger partial charge is 0.306 e. The van der Waals surface area contributed by atoms with E-state index in [9.17, 15) is 20.1 Å². The topological polar surface area (TPSA) is 98.0 Å². The fraction of sp³-hybridized carbons (Fsp3) is 0.952. The molecule has 4 N–H and O–H groups in total. The number of carbonyl (C=O) groups is 1. The number of hydrogen-bond donors (Lipinski definition) is 4. The van der Waals surface area contributed by atoms with Crippen molar-refractivity contribution in [3.8, 4) is 0 Å². The Bertz CT molecular complexity index is 360. The minimum absolute atomic E-state index is 0.311. The van der Waals surface area contributed by atoms with Crippen LogP contribution in [0.5, 0.6) is 0 Å². The first-order chi connectivity index (χ1) is 12.3. The lowest BCUT2D eigenvalue weighted by atomic mass is 9.74. The van der Waals surface area contributed by atoms with Crippen LogP contribution in [0.2, 0.25) is 0 Å². The standard InChI is InChI=1S/C21H42O5/c1-3-5-7-8-9-10-11-12-13-14-16-20(25,15-6-4-2)21(26,18-22)17-19(23)24/h22,25-26H,3-18H2,1-2H3,(H,23,24). The van der Waals surface area contributed by atoms with E-state index in [1.165, 1.54) is 44.9 Å². The summed E-state index contributed by atoms with van der Waals surface area (Å²) < 4.78 is 0. The molecule has 0 rings (SSSR count). The number of aliphatic hydroxyl groups excluding tert-OH is 1. The van der Waals surface area contributed by atoms with E-state index in [2.05, 4.69) is 6.92 Å². The Balaban J connectivity index is 4.30. The van der Waals surface area contributed by atoms with Crippen molar-refractivity contribution in [2.24, 2.45) is 0 Å². The third-order valence-corrected chi connectivity index (χ3v) is 5.46. The Kier molecular flexibility index (Phi) is 14.1. The minimum atomic E-state index is -1.98. The molecule has 2 unspecified atom stereocenters. The first kappa shape index (κ1) is 25.4. The van der Waals surface area contributed by atoms with Gasteiger partial charge < -0.3 is 20.4 Å². The van der Waals surface area contributed by atoms with Gasteiger partial charge in [-0.1, -0.05) is 90.9 Å². The molecule has 0 aliphatic rings. The highest BCUT2D eigenvalue weighted by atomic mass is 16.4. The number of unbranched alkanes of at least 4 members (excludes halogenated alkanes) is 10. The van der Waals surface area contributed by atoms with Crippen LogP contribution in [0.15, 0.2) is 0 Å². The highest BCUT2D eigenvalue weighted by Gasteiger charge is 2.49. The minimum Gasteiger partial charge on any atom is -0.481 e. The van der Waals surface area contributed by atoms with Crippen molar-refractivity contribution < 1.29 is 25.2 Å². The maximum atomic E-state index is 11.1. The summed E-state index contributed by atoms with van der Waals surface area (Å²) in [6.45, 7) is 3.46. The normalized spacial score (nSPS) is 16.2. The van der Waals surface area contributed by atoms with Gasteiger partial charge in [-0.05, 0) is 12.8 Å². The van der Waals surface area contributed by atoms with Crippen molar-refractivity contribution in [3.05, 3.63) is 0 Å². The van der Waals surface area contributed by atoms with Gasteiger partial charge in [-0.2, -0.15) is 0 Å². The van der Waals surface area contributed by atoms with Gasteiger partial charge in [-0.3, -0.25) is 4.79 Å². The molecule has 0 saturated carbocycles. The van der Waals surface area contributed by atoms with E-state index in [1.807, 2.05) is 6.92 Å². The number of carboxylic acid groups (broad SMARTS) is 1. The van der Waals surface area contributed by atoms with E-state index >= 15 is 0 Å². The maximum absolute atomic E-state index is 11.1. The molecule has 26 heavy (non-hydrogen) atoms. The van der Waals surface area contributed by atoms with E-state index in [4.69, 9.17) is 5.11 Å². The average Bonchev–Trinajstić information content (AvgIpc) is 2.60. The number of rotatable bonds is 18. The number of carboxylic acids is 1. The van der Waals surface area contributed by atoms with E-state index in [0.717, 1.165) is 25.7 Å². The summed E-state index contributed by atoms with van der Waals surface area (Å²) in [4.78, 5) is 11.1. The molecular weight excluding hydrogens is 332 g/mol. The second kappa shape index (κ2) is 14.4. The fourth-order valence-electron chi connectivity index (χ4n) is 3.58. The molecule has 0 bridgehead atoms. The van der Waals surface area contributed by atoms with Gasteiger partial charge in [0.1, 0.15) is 5.60 Å². The van der Waals surface area contributed by atoms with Gasteiger partial charge in [0.05, 0.1) is 18.6 Å². The highest BCUT2D eigenvalue weighted by molar-refractivity contribution is 5.68. The van der Waals surface area contributed by atoms with Gasteiger partial charge in [0.15, 0.2) is 0 Å². The molecule has 0 aliphatic heterocycles. The maximum Gasteiger partial charge on any atom is 0.306 e. The Labute approximate surface area is 159 Å². The van der Waals surface area contributed by atoms with E-state index < -0.39 is 30.2 Å². The molecule has 156 valence electrons. The van der Waals surface area contributed by atoms with Crippen LogP contribution in [0.25, 0.3) is 0 Å². The monoisotopic (exact) mass is 374 g/mol. The van der Waals surface area contributed by atoms with Gasteiger partial charge >= 0.3 is 5.97 Å². The molecule has 0 fully saturated rings. The van der Waals surface area contributed by atoms with Gasteiger partial charge in [0.25, 0.3) is 0 Å². The lowest BCUT2D eigenvalue weighted by Gasteiger charge is -2.42. The lowest BCUT2D eigenvalue weighted by molar-refractivity contribution is -0.192. The Hall–Kier alpha value is -0.650. The zero-order valence-electron chi connectivity index (χ0n) is 17.0. The molecule has 0 amide bonds. The van der Waals surface area contributed by atoms with E-state index in [0.29, 0.717) is 19.3 Å². The van der Waals surface area contributed by atoms with Crippen molar-refractivity contribution in [2.45, 2.75) is 121 Å². The SMILES string of the molecule is CCCCCCCCCCCCC(O)(CCCC)C(O)(CO)CC(=O)O. The van der Waals surface area contributed by atoms with Crippen LogP contribution < -0.4 is 0 Å². The highest BCUT2D eigenvalue weighted by Crippen LogP contribution is 2.35. The zero-order chi connectivity index (χ0) is 19.9. The van der Waals surface area contributed by atoms with Crippen molar-refractivity contribution in [1.29, 1.82) is 0 Å². The van der Waals surface area contributed by atoms with Crippen molar-refractivity contribution in [3.63, 3.8) is 0 Å². The first-order valence-corrected chi connectivity index (χ1v) is 10.6. The predicted molar refractivity (Wildman–Crippen MR) is 105 cm³/mol. The largest absolute Gasteiger partial charge is 0.481 e. The molecule has 0 aromatic rings. The average molecular weight is 375 g/mol. The van der Waals surface area contributed by atoms with Gasteiger partial charge in [0, 0.05) is 0 Å². The van der Waals surface area contributed by atoms with Crippen LogP contribution in [-0.4, -0.2) is 44.2 Å². The molecule has 5 heteroatoms. The molecule has 2 atom stereocenters. The molecule has 0 radical (unpaired) electrons. The van der Waals surface area contributed by atoms with Crippen molar-refractivity contribution in [2.75, 3.05) is 6.61 Å². The van der Waals surface area contributed by atoms with Crippen LogP contribution >= 0.6 is 0 Å². The van der Waals surface area contributed by atoms with Gasteiger partial charge in [-0.15, -0.1) is 0 Å². The summed E-state index contributed by atoms with van der Waals surface area (Å²) in [5.41, 5.74) is -3.52. The van der Waals surface area contributed by atoms with E-state index in [1.54, 1.807) is 0 Å². The second-order valence-corrected chi connectivity index (χ2v) is 7.83. The molecule has 5 nitrogen and oxygen atoms in total. The Morgan fingerprint density at radius 3 is 1.54 bits per heavy atom. The summed E-state index contributed by atoms with van der Waals surface area (Å²) in [6, 6.07) is 0. The summed E-state index contributed by atoms with van der Waals surface area (Å²) in [7, 11) is 0. The molecule has 0 aromatic heterocycles. The molecule has 0 aromatic carbocycles. The van der Waals surface area contributed by atoms with Crippen LogP contribution in [0.4, 0.5) is 0 Å². The number of hydrogen-bond acceptors (Lipinski definition) is 4. The first-order valence-electron chi connectivity index (χ1n) is 10.6. The number of aliphatic carboxylic acids is 1. The summed E-state index contributed by atoms with van der Waals surface area (Å²) in [5, 5.41) is 40.1. The fourth-order valence-corrected chi connectivity index (χ4v) is 3.58. The van der Waals surface area contributed by atoms with Crippen LogP contribution in [0, 0.1) is 0 Å². The molecule has 0 aliphatic carbocycles. The van der Waals surface area contributed by atoms with Gasteiger partial charge in [0.2, 0.25) is 0 Å². The predicted octanol–water partition coefficient (Wildman–Crippen LogP) is 4.42. The van der Waals surface area contributed by atoms with Crippen LogP contribution in [-0.2, 0) is 4.79 Å². The summed E-state index contributed by atoms with van der Waals surface area (Å²) >= 11 is 0. The molecule has 0 saturated heterocycles. The van der Waals surface area contributed by atoms with Gasteiger partial charge in [-0.25, -0.2) is 0 Å². The Morgan fingerprint density at radius 2 is 1.12 bits per heavy atom. The van der Waals surface area contributed by atoms with Crippen LogP contribution in [0.1, 0.15) is 110 Å². The second-order valence-electron chi connectivity index (χ2n) is 7.83. The Morgan fingerprint density at radius 1 is 0.692 bits per heavy atom. The summed E-state index contributed by atoms with van der Waals surface area (Å²) in [5.74, 6) is -1.21.